The van der Waals surface area contributed by atoms with Crippen molar-refractivity contribution >= 4 is 5.97 Å². The Morgan fingerprint density at radius 1 is 1.00 bits per heavy atom. The minimum absolute atomic E-state index is 0.256. The third-order valence-electron chi connectivity index (χ3n) is 4.45. The molecule has 0 radical (unpaired) electrons. The Morgan fingerprint density at radius 3 is 2.29 bits per heavy atom. The van der Waals surface area contributed by atoms with Crippen LogP contribution in [0.5, 0.6) is 0 Å². The van der Waals surface area contributed by atoms with Crippen LogP contribution in [0.4, 0.5) is 0 Å². The summed E-state index contributed by atoms with van der Waals surface area (Å²) in [4.78, 5) is 10.3. The van der Waals surface area contributed by atoms with Crippen LogP contribution in [0.1, 0.15) is 77.0 Å². The van der Waals surface area contributed by atoms with E-state index in [-0.39, 0.29) is 6.42 Å². The summed E-state index contributed by atoms with van der Waals surface area (Å²) < 4.78 is 0. The highest BCUT2D eigenvalue weighted by molar-refractivity contribution is 5.66. The molecule has 0 amide bonds. The van der Waals surface area contributed by atoms with Crippen molar-refractivity contribution < 1.29 is 15.0 Å². The number of hydrogen-bond donors (Lipinski definition) is 2. The van der Waals surface area contributed by atoms with Crippen LogP contribution in [0.2, 0.25) is 0 Å². The van der Waals surface area contributed by atoms with E-state index in [1.165, 1.54) is 19.3 Å². The molecule has 0 aromatic heterocycles. The predicted molar refractivity (Wildman–Crippen MR) is 98.6 cm³/mol. The van der Waals surface area contributed by atoms with E-state index < -0.39 is 12.1 Å². The molecule has 1 aliphatic carbocycles. The van der Waals surface area contributed by atoms with Gasteiger partial charge in [0.1, 0.15) is 6.10 Å². The quantitative estimate of drug-likeness (QED) is 0.341. The second-order valence-electron chi connectivity index (χ2n) is 6.58. The Hall–Kier alpha value is -1.53. The fourth-order valence-corrected chi connectivity index (χ4v) is 2.97. The lowest BCUT2D eigenvalue weighted by molar-refractivity contribution is -0.137. The fourth-order valence-electron chi connectivity index (χ4n) is 2.97. The molecule has 2 N–H and O–H groups in total. The van der Waals surface area contributed by atoms with Crippen LogP contribution in [0, 0.1) is 17.8 Å². The first-order valence-corrected chi connectivity index (χ1v) is 9.41. The first-order valence-electron chi connectivity index (χ1n) is 9.41. The Labute approximate surface area is 146 Å². The maximum Gasteiger partial charge on any atom is 0.303 e. The molecule has 24 heavy (non-hydrogen) atoms. The van der Waals surface area contributed by atoms with Crippen molar-refractivity contribution in [3.63, 3.8) is 0 Å². The molecule has 1 fully saturated rings. The summed E-state index contributed by atoms with van der Waals surface area (Å²) in [6, 6.07) is 0. The lowest BCUT2D eigenvalue weighted by Gasteiger charge is -2.23. The van der Waals surface area contributed by atoms with Crippen molar-refractivity contribution in [2.75, 3.05) is 0 Å². The van der Waals surface area contributed by atoms with Gasteiger partial charge >= 0.3 is 5.97 Å². The van der Waals surface area contributed by atoms with Crippen molar-refractivity contribution in [3.8, 4) is 11.8 Å². The van der Waals surface area contributed by atoms with E-state index in [0.29, 0.717) is 5.92 Å². The minimum Gasteiger partial charge on any atom is -0.481 e. The third kappa shape index (κ3) is 11.1. The molecule has 1 saturated carbocycles. The number of aliphatic hydroxyl groups is 1. The highest BCUT2D eigenvalue weighted by atomic mass is 16.4. The van der Waals surface area contributed by atoms with Crippen LogP contribution in [0.15, 0.2) is 24.3 Å². The number of aliphatic carboxylic acids is 1. The summed E-state index contributed by atoms with van der Waals surface area (Å²) in [6.07, 6.45) is 19.9. The van der Waals surface area contributed by atoms with Crippen molar-refractivity contribution in [1.29, 1.82) is 0 Å². The Balaban J connectivity index is 1.99. The Bertz CT molecular complexity index is 447. The van der Waals surface area contributed by atoms with Gasteiger partial charge in [0.25, 0.3) is 0 Å². The molecule has 1 atom stereocenters. The zero-order valence-corrected chi connectivity index (χ0v) is 14.8. The van der Waals surface area contributed by atoms with E-state index in [4.69, 9.17) is 5.11 Å². The Kier molecular flexibility index (Phi) is 11.9. The van der Waals surface area contributed by atoms with Crippen LogP contribution >= 0.6 is 0 Å². The molecule has 1 unspecified atom stereocenters. The molecule has 0 spiro atoms. The van der Waals surface area contributed by atoms with Gasteiger partial charge in [0.15, 0.2) is 0 Å². The molecule has 0 heterocycles. The standard InChI is InChI=1S/C21H32O3/c22-20(19-15-11-10-12-16-19)17-13-8-6-4-2-1-3-5-7-9-14-18-21(23)24/h5-8,19-20,22H,1-4,9-12,14-16,18H2,(H,23,24). The molecule has 0 bridgehead atoms. The van der Waals surface area contributed by atoms with Crippen molar-refractivity contribution in [3.05, 3.63) is 24.3 Å². The van der Waals surface area contributed by atoms with Gasteiger partial charge in [0, 0.05) is 6.42 Å². The Morgan fingerprint density at radius 2 is 1.62 bits per heavy atom. The molecule has 134 valence electrons. The SMILES string of the molecule is O=C(O)CCCC=CCCCCC=CC#CC(O)C1CCCCC1. The molecule has 0 aromatic carbocycles. The molecular formula is C21H32O3. The second kappa shape index (κ2) is 13.9. The van der Waals surface area contributed by atoms with Gasteiger partial charge in [-0.15, -0.1) is 0 Å². The van der Waals surface area contributed by atoms with Crippen LogP contribution in [-0.2, 0) is 4.79 Å². The number of carboxylic acid groups (broad SMARTS) is 1. The summed E-state index contributed by atoms with van der Waals surface area (Å²) in [6.45, 7) is 0. The van der Waals surface area contributed by atoms with E-state index >= 15 is 0 Å². The van der Waals surface area contributed by atoms with Crippen molar-refractivity contribution in [2.24, 2.45) is 5.92 Å². The summed E-state index contributed by atoms with van der Waals surface area (Å²) in [5.41, 5.74) is 0. The smallest absolute Gasteiger partial charge is 0.303 e. The normalized spacial score (nSPS) is 17.0. The molecule has 1 aliphatic rings. The minimum atomic E-state index is -0.718. The maximum absolute atomic E-state index is 10.3. The van der Waals surface area contributed by atoms with Gasteiger partial charge in [0.2, 0.25) is 0 Å². The number of unbranched alkanes of at least 4 members (excludes halogenated alkanes) is 4. The van der Waals surface area contributed by atoms with E-state index in [0.717, 1.165) is 51.4 Å². The van der Waals surface area contributed by atoms with E-state index in [2.05, 4.69) is 30.1 Å². The number of aliphatic hydroxyl groups excluding tert-OH is 1. The number of rotatable bonds is 10. The fraction of sp³-hybridized carbons (Fsp3) is 0.667. The monoisotopic (exact) mass is 332 g/mol. The molecule has 3 heteroatoms. The molecular weight excluding hydrogens is 300 g/mol. The third-order valence-corrected chi connectivity index (χ3v) is 4.45. The van der Waals surface area contributed by atoms with Gasteiger partial charge in [-0.25, -0.2) is 0 Å². The maximum atomic E-state index is 10.3. The topological polar surface area (TPSA) is 57.5 Å². The van der Waals surface area contributed by atoms with E-state index in [1.807, 2.05) is 6.08 Å². The molecule has 0 aliphatic heterocycles. The van der Waals surface area contributed by atoms with Crippen molar-refractivity contribution in [1.82, 2.24) is 0 Å². The average Bonchev–Trinajstić information content (AvgIpc) is 2.59. The highest BCUT2D eigenvalue weighted by Gasteiger charge is 2.19. The van der Waals surface area contributed by atoms with Gasteiger partial charge < -0.3 is 10.2 Å². The van der Waals surface area contributed by atoms with Gasteiger partial charge in [-0.2, -0.15) is 0 Å². The number of carboxylic acids is 1. The van der Waals surface area contributed by atoms with Gasteiger partial charge in [-0.1, -0.05) is 49.3 Å². The lowest BCUT2D eigenvalue weighted by Crippen LogP contribution is -2.20. The highest BCUT2D eigenvalue weighted by Crippen LogP contribution is 2.26. The van der Waals surface area contributed by atoms with Gasteiger partial charge in [-0.05, 0) is 63.4 Å². The number of carbonyl (C=O) groups is 1. The van der Waals surface area contributed by atoms with Gasteiger partial charge in [0.05, 0.1) is 0 Å². The van der Waals surface area contributed by atoms with Crippen LogP contribution in [-0.4, -0.2) is 22.3 Å². The number of allylic oxidation sites excluding steroid dienone is 4. The predicted octanol–water partition coefficient (Wildman–Crippen LogP) is 4.86. The summed E-state index contributed by atoms with van der Waals surface area (Å²) >= 11 is 0. The van der Waals surface area contributed by atoms with Crippen LogP contribution in [0.25, 0.3) is 0 Å². The van der Waals surface area contributed by atoms with E-state index in [1.54, 1.807) is 0 Å². The average molecular weight is 332 g/mol. The number of hydrogen-bond acceptors (Lipinski definition) is 2. The van der Waals surface area contributed by atoms with Crippen LogP contribution < -0.4 is 0 Å². The zero-order valence-electron chi connectivity index (χ0n) is 14.8. The summed E-state index contributed by atoms with van der Waals surface area (Å²) in [7, 11) is 0. The molecule has 3 nitrogen and oxygen atoms in total. The summed E-state index contributed by atoms with van der Waals surface area (Å²) in [5, 5.41) is 18.5. The summed E-state index contributed by atoms with van der Waals surface area (Å²) in [5.74, 6) is 5.59. The molecule has 0 saturated heterocycles. The first-order chi connectivity index (χ1) is 11.7. The van der Waals surface area contributed by atoms with Gasteiger partial charge in [-0.3, -0.25) is 4.79 Å². The largest absolute Gasteiger partial charge is 0.481 e. The lowest BCUT2D eigenvalue weighted by atomic mass is 9.85. The van der Waals surface area contributed by atoms with E-state index in [9.17, 15) is 9.90 Å². The first kappa shape index (κ1) is 20.5. The van der Waals surface area contributed by atoms with Crippen molar-refractivity contribution in [2.45, 2.75) is 83.2 Å². The second-order valence-corrected chi connectivity index (χ2v) is 6.58. The molecule has 0 aromatic rings. The molecule has 1 rings (SSSR count). The zero-order chi connectivity index (χ0) is 17.5. The van der Waals surface area contributed by atoms with Crippen LogP contribution in [0.3, 0.4) is 0 Å².